The van der Waals surface area contributed by atoms with Crippen LogP contribution in [-0.2, 0) is 21.9 Å². The number of anilines is 1. The molecule has 0 spiro atoms. The van der Waals surface area contributed by atoms with Crippen molar-refractivity contribution in [2.75, 3.05) is 19.5 Å². The molecule has 41 heavy (non-hydrogen) atoms. The van der Waals surface area contributed by atoms with Gasteiger partial charge in [-0.3, -0.25) is 4.79 Å². The summed E-state index contributed by atoms with van der Waals surface area (Å²) in [5.74, 6) is -0.213. The minimum atomic E-state index is -5.08. The lowest BCUT2D eigenvalue weighted by Gasteiger charge is -2.34. The smallest absolute Gasteiger partial charge is 0.417 e. The Morgan fingerprint density at radius 3 is 2.20 bits per heavy atom. The van der Waals surface area contributed by atoms with Crippen LogP contribution in [0, 0.1) is 5.41 Å². The van der Waals surface area contributed by atoms with E-state index < -0.39 is 53.2 Å². The molecule has 2 atom stereocenters. The molecule has 1 saturated heterocycles. The van der Waals surface area contributed by atoms with Gasteiger partial charge in [0.05, 0.1) is 24.3 Å². The number of imide groups is 1. The maximum atomic E-state index is 14.0. The van der Waals surface area contributed by atoms with E-state index in [1.807, 2.05) is 19.9 Å². The average molecular weight is 585 g/mol. The second kappa shape index (κ2) is 10.6. The van der Waals surface area contributed by atoms with E-state index in [0.717, 1.165) is 17.0 Å². The largest absolute Gasteiger partial charge is 0.496 e. The summed E-state index contributed by atoms with van der Waals surface area (Å²) in [7, 11) is 3.22. The minimum Gasteiger partial charge on any atom is -0.496 e. The van der Waals surface area contributed by atoms with Crippen molar-refractivity contribution in [3.8, 4) is 5.75 Å². The Balaban J connectivity index is 1.79. The quantitative estimate of drug-likeness (QED) is 0.363. The van der Waals surface area contributed by atoms with Crippen LogP contribution in [0.3, 0.4) is 0 Å². The molecule has 0 aromatic heterocycles. The molecular formula is C29H30F6N2O4. The maximum Gasteiger partial charge on any atom is 0.417 e. The predicted molar refractivity (Wildman–Crippen MR) is 139 cm³/mol. The van der Waals surface area contributed by atoms with Crippen LogP contribution >= 0.6 is 0 Å². The summed E-state index contributed by atoms with van der Waals surface area (Å²) in [6.45, 7) is 5.29. The van der Waals surface area contributed by atoms with Gasteiger partial charge in [-0.15, -0.1) is 0 Å². The Labute approximate surface area is 233 Å². The van der Waals surface area contributed by atoms with Gasteiger partial charge in [-0.05, 0) is 79.1 Å². The lowest BCUT2D eigenvalue weighted by atomic mass is 9.72. The summed E-state index contributed by atoms with van der Waals surface area (Å²) in [5.41, 5.74) is -1.56. The van der Waals surface area contributed by atoms with Crippen LogP contribution in [0.5, 0.6) is 5.75 Å². The molecule has 2 aromatic carbocycles. The first-order valence-corrected chi connectivity index (χ1v) is 12.9. The van der Waals surface area contributed by atoms with E-state index in [-0.39, 0.29) is 17.9 Å². The standard InChI is InChI=1S/C29H30F6N2O4/c1-15-24(16-10-17(28(30,31)32)12-18(11-16)29(33,34)35)41-26(39)37(15)25(38)22-14-27(2,3)9-8-20(22)21-13-19(36-4)6-7-23(21)40-5/h6-7,10-13,15,24,36H,8-9,14H2,1-5H3/t15-,24-/m0/s1. The number of hydrogen-bond acceptors (Lipinski definition) is 5. The van der Waals surface area contributed by atoms with Crippen molar-refractivity contribution < 1.29 is 45.4 Å². The third-order valence-corrected chi connectivity index (χ3v) is 7.57. The molecule has 2 aliphatic rings. The number of benzene rings is 2. The van der Waals surface area contributed by atoms with Crippen molar-refractivity contribution in [2.24, 2.45) is 5.41 Å². The summed E-state index contributed by atoms with van der Waals surface area (Å²) < 4.78 is 91.7. The fourth-order valence-corrected chi connectivity index (χ4v) is 5.36. The molecule has 1 fully saturated rings. The highest BCUT2D eigenvalue weighted by Crippen LogP contribution is 2.47. The van der Waals surface area contributed by atoms with E-state index in [1.165, 1.54) is 14.0 Å². The van der Waals surface area contributed by atoms with Gasteiger partial charge in [0.15, 0.2) is 0 Å². The number of nitrogens with one attached hydrogen (secondary N) is 1. The molecule has 0 saturated carbocycles. The highest BCUT2D eigenvalue weighted by Gasteiger charge is 2.47. The summed E-state index contributed by atoms with van der Waals surface area (Å²) >= 11 is 0. The molecule has 6 nitrogen and oxygen atoms in total. The predicted octanol–water partition coefficient (Wildman–Crippen LogP) is 7.85. The molecule has 1 aliphatic carbocycles. The molecule has 1 aliphatic heterocycles. The zero-order valence-electron chi connectivity index (χ0n) is 23.1. The van der Waals surface area contributed by atoms with Crippen LogP contribution in [0.1, 0.15) is 68.4 Å². The monoisotopic (exact) mass is 584 g/mol. The van der Waals surface area contributed by atoms with Crippen LogP contribution < -0.4 is 10.1 Å². The fraction of sp³-hybridized carbons (Fsp3) is 0.448. The number of nitrogens with zero attached hydrogens (tertiary/aromatic N) is 1. The second-order valence-corrected chi connectivity index (χ2v) is 11.0. The number of amides is 2. The third-order valence-electron chi connectivity index (χ3n) is 7.57. The first kappa shape index (κ1) is 30.3. The number of alkyl halides is 6. The van der Waals surface area contributed by atoms with Crippen LogP contribution in [0.4, 0.5) is 36.8 Å². The second-order valence-electron chi connectivity index (χ2n) is 11.0. The molecule has 0 bridgehead atoms. The Morgan fingerprint density at radius 2 is 1.66 bits per heavy atom. The van der Waals surface area contributed by atoms with Gasteiger partial charge in [-0.2, -0.15) is 26.3 Å². The number of ether oxygens (including phenoxy) is 2. The van der Waals surface area contributed by atoms with Crippen LogP contribution in [0.15, 0.2) is 42.0 Å². The summed E-state index contributed by atoms with van der Waals surface area (Å²) in [4.78, 5) is 27.8. The number of allylic oxidation sites excluding steroid dienone is 1. The van der Waals surface area contributed by atoms with Crippen molar-refractivity contribution in [3.05, 3.63) is 64.2 Å². The molecule has 1 heterocycles. The Morgan fingerprint density at radius 1 is 1.05 bits per heavy atom. The summed E-state index contributed by atoms with van der Waals surface area (Å²) in [6, 6.07) is 5.19. The molecule has 2 amide bonds. The molecule has 2 aromatic rings. The number of cyclic esters (lactones) is 1. The van der Waals surface area contributed by atoms with Gasteiger partial charge in [0.1, 0.15) is 11.9 Å². The van der Waals surface area contributed by atoms with E-state index in [1.54, 1.807) is 19.2 Å². The summed E-state index contributed by atoms with van der Waals surface area (Å²) in [6.07, 6.45) is -11.4. The highest BCUT2D eigenvalue weighted by molar-refractivity contribution is 6.09. The van der Waals surface area contributed by atoms with Gasteiger partial charge in [-0.25, -0.2) is 9.69 Å². The number of methoxy groups -OCH3 is 1. The molecule has 12 heteroatoms. The van der Waals surface area contributed by atoms with Gasteiger partial charge < -0.3 is 14.8 Å². The van der Waals surface area contributed by atoms with Crippen LogP contribution in [0.25, 0.3) is 5.57 Å². The Bertz CT molecular complexity index is 1360. The first-order chi connectivity index (χ1) is 19.0. The molecule has 4 rings (SSSR count). The number of carbonyl (C=O) groups excluding carboxylic acids is 2. The van der Waals surface area contributed by atoms with Gasteiger partial charge in [0, 0.05) is 23.9 Å². The van der Waals surface area contributed by atoms with E-state index in [0.29, 0.717) is 41.0 Å². The summed E-state index contributed by atoms with van der Waals surface area (Å²) in [5, 5.41) is 3.03. The lowest BCUT2D eigenvalue weighted by molar-refractivity contribution is -0.143. The molecule has 0 radical (unpaired) electrons. The molecule has 222 valence electrons. The van der Waals surface area contributed by atoms with E-state index in [4.69, 9.17) is 9.47 Å². The van der Waals surface area contributed by atoms with Gasteiger partial charge in [0.2, 0.25) is 0 Å². The number of hydrogen-bond donors (Lipinski definition) is 1. The number of halogens is 6. The number of carbonyl (C=O) groups is 2. The Hall–Kier alpha value is -3.70. The number of rotatable bonds is 5. The average Bonchev–Trinajstić information content (AvgIpc) is 3.19. The fourth-order valence-electron chi connectivity index (χ4n) is 5.36. The molecule has 1 N–H and O–H groups in total. The van der Waals surface area contributed by atoms with Crippen molar-refractivity contribution in [1.82, 2.24) is 4.90 Å². The normalized spacial score (nSPS) is 21.1. The topological polar surface area (TPSA) is 67.9 Å². The van der Waals surface area contributed by atoms with Gasteiger partial charge in [-0.1, -0.05) is 13.8 Å². The van der Waals surface area contributed by atoms with Crippen molar-refractivity contribution in [3.63, 3.8) is 0 Å². The van der Waals surface area contributed by atoms with E-state index in [9.17, 15) is 35.9 Å². The highest BCUT2D eigenvalue weighted by atomic mass is 19.4. The van der Waals surface area contributed by atoms with Crippen molar-refractivity contribution in [2.45, 2.75) is 64.5 Å². The Kier molecular flexibility index (Phi) is 7.83. The third kappa shape index (κ3) is 6.01. The van der Waals surface area contributed by atoms with Crippen molar-refractivity contribution in [1.29, 1.82) is 0 Å². The zero-order valence-corrected chi connectivity index (χ0v) is 23.1. The van der Waals surface area contributed by atoms with Gasteiger partial charge >= 0.3 is 18.4 Å². The minimum absolute atomic E-state index is 0.00171. The molecular weight excluding hydrogens is 554 g/mol. The zero-order chi connectivity index (χ0) is 30.5. The van der Waals surface area contributed by atoms with Gasteiger partial charge in [0.25, 0.3) is 5.91 Å². The lowest BCUT2D eigenvalue weighted by Crippen LogP contribution is -2.40. The van der Waals surface area contributed by atoms with Crippen LogP contribution in [-0.4, -0.2) is 37.1 Å². The van der Waals surface area contributed by atoms with Crippen LogP contribution in [0.2, 0.25) is 0 Å². The molecule has 0 unspecified atom stereocenters. The van der Waals surface area contributed by atoms with E-state index >= 15 is 0 Å². The van der Waals surface area contributed by atoms with Crippen molar-refractivity contribution >= 4 is 23.3 Å². The SMILES string of the molecule is CNc1ccc(OC)c(C2=C(C(=O)N3C(=O)O[C@H](c4cc(C(F)(F)F)cc(C(F)(F)F)c4)[C@@H]3C)CC(C)(C)CC2)c1. The van der Waals surface area contributed by atoms with E-state index in [2.05, 4.69) is 5.32 Å². The maximum absolute atomic E-state index is 14.0. The first-order valence-electron chi connectivity index (χ1n) is 12.9.